The van der Waals surface area contributed by atoms with E-state index in [4.69, 9.17) is 10.2 Å². The lowest BCUT2D eigenvalue weighted by Gasteiger charge is -2.35. The molecule has 3 rings (SSSR count). The van der Waals surface area contributed by atoms with E-state index in [1.807, 2.05) is 13.8 Å². The van der Waals surface area contributed by atoms with Gasteiger partial charge in [-0.05, 0) is 37.8 Å². The normalized spacial score (nSPS) is 14.7. The Labute approximate surface area is 181 Å². The third-order valence-electron chi connectivity index (χ3n) is 5.47. The first-order chi connectivity index (χ1) is 14.7. The van der Waals surface area contributed by atoms with Crippen molar-refractivity contribution < 1.29 is 13.2 Å². The van der Waals surface area contributed by atoms with Crippen molar-refractivity contribution in [2.24, 2.45) is 5.92 Å². The molecule has 0 saturated carbocycles. The van der Waals surface area contributed by atoms with Crippen LogP contribution in [-0.2, 0) is 19.1 Å². The maximum Gasteiger partial charge on any atom is 0.418 e. The molecule has 0 saturated heterocycles. The van der Waals surface area contributed by atoms with E-state index in [0.717, 1.165) is 36.1 Å². The summed E-state index contributed by atoms with van der Waals surface area (Å²) in [6.07, 6.45) is -2.43. The Morgan fingerprint density at radius 3 is 2.68 bits per heavy atom. The predicted octanol–water partition coefficient (Wildman–Crippen LogP) is 5.13. The molecule has 1 aromatic carbocycles. The molecule has 1 aliphatic heterocycles. The highest BCUT2D eigenvalue weighted by molar-refractivity contribution is 5.59. The van der Waals surface area contributed by atoms with Gasteiger partial charge in [0.15, 0.2) is 0 Å². The van der Waals surface area contributed by atoms with Gasteiger partial charge in [-0.2, -0.15) is 18.4 Å². The Morgan fingerprint density at radius 1 is 1.26 bits per heavy atom. The van der Waals surface area contributed by atoms with Crippen LogP contribution in [-0.4, -0.2) is 29.6 Å². The predicted molar refractivity (Wildman–Crippen MR) is 115 cm³/mol. The quantitative estimate of drug-likeness (QED) is 0.608. The smallest absolute Gasteiger partial charge is 0.365 e. The van der Waals surface area contributed by atoms with E-state index in [1.54, 1.807) is 11.0 Å². The summed E-state index contributed by atoms with van der Waals surface area (Å²) >= 11 is 0. The maximum absolute atomic E-state index is 13.5. The molecule has 31 heavy (non-hydrogen) atoms. The van der Waals surface area contributed by atoms with Gasteiger partial charge in [-0.3, -0.25) is 0 Å². The number of aryl methyl sites for hydroxylation is 1. The lowest BCUT2D eigenvalue weighted by Crippen LogP contribution is -2.36. The Hall–Kier alpha value is -2.82. The van der Waals surface area contributed by atoms with Gasteiger partial charge in [0.05, 0.1) is 23.9 Å². The first-order valence-electron chi connectivity index (χ1n) is 10.6. The Morgan fingerprint density at radius 2 is 2.00 bits per heavy atom. The van der Waals surface area contributed by atoms with Crippen LogP contribution in [0.25, 0.3) is 0 Å². The molecule has 0 N–H and O–H groups in total. The second-order valence-corrected chi connectivity index (χ2v) is 8.12. The molecule has 0 aliphatic carbocycles. The number of nitrogens with zero attached hydrogens (tertiary/aromatic N) is 5. The first-order valence-corrected chi connectivity index (χ1v) is 10.6. The van der Waals surface area contributed by atoms with Crippen molar-refractivity contribution in [3.63, 3.8) is 0 Å². The molecule has 1 aromatic heterocycles. The number of anilines is 2. The molecule has 1 unspecified atom stereocenters. The largest absolute Gasteiger partial charge is 0.418 e. The van der Waals surface area contributed by atoms with E-state index < -0.39 is 11.7 Å². The number of para-hydroxylation sites is 1. The summed E-state index contributed by atoms with van der Waals surface area (Å²) < 4.78 is 40.6. The summed E-state index contributed by atoms with van der Waals surface area (Å²) in [7, 11) is 0. The number of aromatic nitrogens is 2. The molecule has 0 fully saturated rings. The van der Waals surface area contributed by atoms with E-state index in [1.165, 1.54) is 12.1 Å². The van der Waals surface area contributed by atoms with Gasteiger partial charge in [-0.1, -0.05) is 26.0 Å². The molecular formula is C23H28F3N5. The number of nitriles is 1. The number of hydrogen-bond donors (Lipinski definition) is 0. The summed E-state index contributed by atoms with van der Waals surface area (Å²) in [5, 5.41) is 9.02. The van der Waals surface area contributed by atoms with Crippen LogP contribution in [0, 0.1) is 24.2 Å². The van der Waals surface area contributed by atoms with Crippen molar-refractivity contribution in [1.82, 2.24) is 9.97 Å². The number of hydrogen-bond acceptors (Lipinski definition) is 5. The standard InChI is InChI=1S/C23H28F3N5/c1-4-12-31(14-16(2)9-11-27)22-18-10-13-30(15-20(18)28-17(3)29-22)21-8-6-5-7-19(21)23(24,25)26/h5-8,16H,4,9-10,12-15H2,1-3H3. The summed E-state index contributed by atoms with van der Waals surface area (Å²) in [6.45, 7) is 8.25. The SMILES string of the molecule is CCCN(CC(C)CC#N)c1nc(C)nc2c1CCN(c1ccccc1C(F)(F)F)C2. The van der Waals surface area contributed by atoms with Gasteiger partial charge in [0.1, 0.15) is 11.6 Å². The minimum Gasteiger partial charge on any atom is -0.365 e. The van der Waals surface area contributed by atoms with Crippen LogP contribution in [0.2, 0.25) is 0 Å². The van der Waals surface area contributed by atoms with Gasteiger partial charge in [-0.15, -0.1) is 0 Å². The van der Waals surface area contributed by atoms with Crippen molar-refractivity contribution in [3.05, 3.63) is 46.9 Å². The molecule has 0 bridgehead atoms. The maximum atomic E-state index is 13.5. The fourth-order valence-electron chi connectivity index (χ4n) is 4.14. The Kier molecular flexibility index (Phi) is 7.04. The van der Waals surface area contributed by atoms with E-state index in [-0.39, 0.29) is 11.6 Å². The molecule has 0 radical (unpaired) electrons. The van der Waals surface area contributed by atoms with Gasteiger partial charge < -0.3 is 9.80 Å². The lowest BCUT2D eigenvalue weighted by atomic mass is 10.0. The third kappa shape index (κ3) is 5.27. The summed E-state index contributed by atoms with van der Waals surface area (Å²) in [5.41, 5.74) is 1.35. The van der Waals surface area contributed by atoms with Gasteiger partial charge >= 0.3 is 6.18 Å². The van der Waals surface area contributed by atoms with Gasteiger partial charge in [0.25, 0.3) is 0 Å². The number of halogens is 3. The van der Waals surface area contributed by atoms with E-state index in [2.05, 4.69) is 22.9 Å². The molecule has 0 amide bonds. The highest BCUT2D eigenvalue weighted by Gasteiger charge is 2.35. The number of benzene rings is 1. The van der Waals surface area contributed by atoms with Crippen molar-refractivity contribution in [2.45, 2.75) is 52.8 Å². The zero-order chi connectivity index (χ0) is 22.6. The highest BCUT2D eigenvalue weighted by Crippen LogP contribution is 2.38. The average Bonchev–Trinajstić information content (AvgIpc) is 2.72. The number of fused-ring (bicyclic) bond motifs is 1. The van der Waals surface area contributed by atoms with E-state index >= 15 is 0 Å². The lowest BCUT2D eigenvalue weighted by molar-refractivity contribution is -0.137. The van der Waals surface area contributed by atoms with Crippen LogP contribution in [0.3, 0.4) is 0 Å². The molecule has 2 heterocycles. The molecule has 0 spiro atoms. The number of rotatable bonds is 7. The van der Waals surface area contributed by atoms with E-state index in [9.17, 15) is 13.2 Å². The van der Waals surface area contributed by atoms with Crippen LogP contribution in [0.4, 0.5) is 24.7 Å². The molecule has 1 atom stereocenters. The second kappa shape index (κ2) is 9.54. The molecule has 8 heteroatoms. The van der Waals surface area contributed by atoms with Crippen LogP contribution in [0.5, 0.6) is 0 Å². The highest BCUT2D eigenvalue weighted by atomic mass is 19.4. The van der Waals surface area contributed by atoms with Gasteiger partial charge in [0, 0.05) is 37.3 Å². The second-order valence-electron chi connectivity index (χ2n) is 8.12. The Balaban J connectivity index is 1.95. The molecule has 166 valence electrons. The number of alkyl halides is 3. The van der Waals surface area contributed by atoms with Gasteiger partial charge in [0.2, 0.25) is 0 Å². The van der Waals surface area contributed by atoms with E-state index in [0.29, 0.717) is 38.3 Å². The minimum absolute atomic E-state index is 0.187. The van der Waals surface area contributed by atoms with Crippen molar-refractivity contribution >= 4 is 11.5 Å². The molecule has 1 aliphatic rings. The van der Waals surface area contributed by atoms with Crippen molar-refractivity contribution in [1.29, 1.82) is 5.26 Å². The van der Waals surface area contributed by atoms with Crippen LogP contribution >= 0.6 is 0 Å². The van der Waals surface area contributed by atoms with Gasteiger partial charge in [-0.25, -0.2) is 9.97 Å². The van der Waals surface area contributed by atoms with Crippen molar-refractivity contribution in [3.8, 4) is 6.07 Å². The Bertz CT molecular complexity index is 951. The summed E-state index contributed by atoms with van der Waals surface area (Å²) in [6, 6.07) is 7.92. The zero-order valence-corrected chi connectivity index (χ0v) is 18.2. The molecular weight excluding hydrogens is 403 g/mol. The zero-order valence-electron chi connectivity index (χ0n) is 18.2. The van der Waals surface area contributed by atoms with Crippen LogP contribution < -0.4 is 9.80 Å². The molecule has 5 nitrogen and oxygen atoms in total. The summed E-state index contributed by atoms with van der Waals surface area (Å²) in [5.74, 6) is 1.66. The van der Waals surface area contributed by atoms with Crippen molar-refractivity contribution in [2.75, 3.05) is 29.4 Å². The average molecular weight is 432 g/mol. The first kappa shape index (κ1) is 22.9. The van der Waals surface area contributed by atoms with Crippen LogP contribution in [0.1, 0.15) is 49.3 Å². The monoisotopic (exact) mass is 431 g/mol. The fourth-order valence-corrected chi connectivity index (χ4v) is 4.14. The third-order valence-corrected chi connectivity index (χ3v) is 5.47. The molecule has 2 aromatic rings. The summed E-state index contributed by atoms with van der Waals surface area (Å²) in [4.78, 5) is 13.3. The fraction of sp³-hybridized carbons (Fsp3) is 0.522. The van der Waals surface area contributed by atoms with Crippen LogP contribution in [0.15, 0.2) is 24.3 Å². The minimum atomic E-state index is -4.40. The topological polar surface area (TPSA) is 56.1 Å².